The Hall–Kier alpha value is -4.34. The Balaban J connectivity index is 1.48. The number of benzene rings is 2. The number of hydrogen-bond donors (Lipinski definition) is 2. The number of hydrazone groups is 1. The number of ether oxygens (including phenoxy) is 3. The average molecular weight is 543 g/mol. The van der Waals surface area contributed by atoms with Crippen molar-refractivity contribution < 1.29 is 40.6 Å². The van der Waals surface area contributed by atoms with Crippen LogP contribution < -0.4 is 25.1 Å². The maximum Gasteiger partial charge on any atom is 0.573 e. The summed E-state index contributed by atoms with van der Waals surface area (Å²) >= 11 is 0. The van der Waals surface area contributed by atoms with E-state index in [1.807, 2.05) is 4.90 Å². The molecule has 202 valence electrons. The molecular weight excluding hydrogens is 524 g/mol. The number of rotatable bonds is 8. The summed E-state index contributed by atoms with van der Waals surface area (Å²) in [6.07, 6.45) is -8.27. The van der Waals surface area contributed by atoms with Crippen LogP contribution in [0.25, 0.3) is 0 Å². The van der Waals surface area contributed by atoms with Crippen molar-refractivity contribution in [2.45, 2.75) is 12.7 Å². The van der Waals surface area contributed by atoms with E-state index >= 15 is 0 Å². The second-order valence-electron chi connectivity index (χ2n) is 7.57. The van der Waals surface area contributed by atoms with Gasteiger partial charge in [0.1, 0.15) is 11.5 Å². The number of aromatic nitrogens is 3. The quantitative estimate of drug-likeness (QED) is 0.238. The van der Waals surface area contributed by atoms with E-state index in [4.69, 9.17) is 4.74 Å². The lowest BCUT2D eigenvalue weighted by atomic mass is 10.2. The summed E-state index contributed by atoms with van der Waals surface area (Å²) in [6.45, 7) is 1.96. The van der Waals surface area contributed by atoms with Gasteiger partial charge in [-0.2, -0.15) is 20.1 Å². The van der Waals surface area contributed by atoms with Crippen molar-refractivity contribution >= 4 is 29.7 Å². The first-order valence-corrected chi connectivity index (χ1v) is 10.9. The van der Waals surface area contributed by atoms with Gasteiger partial charge in [0.15, 0.2) is 0 Å². The first-order valence-electron chi connectivity index (χ1n) is 10.9. The lowest BCUT2D eigenvalue weighted by Crippen LogP contribution is -2.37. The van der Waals surface area contributed by atoms with Crippen molar-refractivity contribution in [3.63, 3.8) is 0 Å². The summed E-state index contributed by atoms with van der Waals surface area (Å²) in [4.78, 5) is 14.8. The van der Waals surface area contributed by atoms with Crippen LogP contribution in [0, 0.1) is 0 Å². The maximum absolute atomic E-state index is 12.4. The average Bonchev–Trinajstić information content (AvgIpc) is 2.85. The molecule has 0 radical (unpaired) electrons. The molecule has 4 rings (SSSR count). The molecule has 0 aliphatic carbocycles. The van der Waals surface area contributed by atoms with Crippen LogP contribution in [0.15, 0.2) is 53.6 Å². The van der Waals surface area contributed by atoms with Crippen LogP contribution in [0.5, 0.6) is 11.5 Å². The molecular formula is C22H19F6N7O3. The van der Waals surface area contributed by atoms with Crippen LogP contribution >= 0.6 is 0 Å². The summed E-state index contributed by atoms with van der Waals surface area (Å²) in [5.74, 6) is -0.341. The van der Waals surface area contributed by atoms with E-state index in [2.05, 4.69) is 40.3 Å². The van der Waals surface area contributed by atoms with Gasteiger partial charge in [0, 0.05) is 18.8 Å². The zero-order chi connectivity index (χ0) is 27.2. The number of hydrogen-bond acceptors (Lipinski definition) is 10. The molecule has 16 heteroatoms. The fourth-order valence-corrected chi connectivity index (χ4v) is 3.16. The minimum Gasteiger partial charge on any atom is -0.406 e. The third kappa shape index (κ3) is 8.36. The monoisotopic (exact) mass is 543 g/mol. The van der Waals surface area contributed by atoms with Crippen molar-refractivity contribution in [1.82, 2.24) is 15.0 Å². The Labute approximate surface area is 211 Å². The highest BCUT2D eigenvalue weighted by atomic mass is 19.4. The molecule has 0 spiro atoms. The van der Waals surface area contributed by atoms with Crippen LogP contribution in [0.4, 0.5) is 49.9 Å². The molecule has 38 heavy (non-hydrogen) atoms. The Morgan fingerprint density at radius 2 is 1.34 bits per heavy atom. The van der Waals surface area contributed by atoms with Crippen molar-refractivity contribution in [3.8, 4) is 11.5 Å². The Morgan fingerprint density at radius 1 is 0.789 bits per heavy atom. The fourth-order valence-electron chi connectivity index (χ4n) is 3.16. The molecule has 0 atom stereocenters. The smallest absolute Gasteiger partial charge is 0.406 e. The zero-order valence-electron chi connectivity index (χ0n) is 19.3. The first kappa shape index (κ1) is 26.7. The van der Waals surface area contributed by atoms with E-state index in [1.165, 1.54) is 30.5 Å². The van der Waals surface area contributed by atoms with Gasteiger partial charge in [0.2, 0.25) is 17.8 Å². The summed E-state index contributed by atoms with van der Waals surface area (Å²) < 4.78 is 87.1. The van der Waals surface area contributed by atoms with Gasteiger partial charge in [0.25, 0.3) is 0 Å². The second-order valence-corrected chi connectivity index (χ2v) is 7.57. The number of halogens is 6. The second kappa shape index (κ2) is 11.4. The fraction of sp³-hybridized carbons (Fsp3) is 0.273. The Morgan fingerprint density at radius 3 is 1.92 bits per heavy atom. The van der Waals surface area contributed by atoms with Gasteiger partial charge < -0.3 is 24.4 Å². The van der Waals surface area contributed by atoms with Crippen molar-refractivity contribution in [2.75, 3.05) is 41.9 Å². The maximum atomic E-state index is 12.4. The molecule has 0 bridgehead atoms. The Bertz CT molecular complexity index is 1230. The minimum absolute atomic E-state index is 0.0364. The van der Waals surface area contributed by atoms with E-state index in [0.29, 0.717) is 43.5 Å². The molecule has 0 saturated carbocycles. The van der Waals surface area contributed by atoms with Gasteiger partial charge in [-0.1, -0.05) is 0 Å². The number of alkyl halides is 6. The molecule has 2 N–H and O–H groups in total. The molecule has 1 aliphatic heterocycles. The number of nitrogens with one attached hydrogen (secondary N) is 2. The van der Waals surface area contributed by atoms with Crippen LogP contribution in [0.3, 0.4) is 0 Å². The summed E-state index contributed by atoms with van der Waals surface area (Å²) in [5.41, 5.74) is 3.49. The van der Waals surface area contributed by atoms with Crippen LogP contribution in [0.2, 0.25) is 0 Å². The first-order chi connectivity index (χ1) is 18.0. The van der Waals surface area contributed by atoms with Gasteiger partial charge in [-0.3, -0.25) is 0 Å². The molecule has 1 aromatic heterocycles. The third-order valence-electron chi connectivity index (χ3n) is 4.75. The highest BCUT2D eigenvalue weighted by Gasteiger charge is 2.31. The van der Waals surface area contributed by atoms with E-state index in [0.717, 1.165) is 24.3 Å². The van der Waals surface area contributed by atoms with E-state index in [9.17, 15) is 26.3 Å². The molecule has 0 unspecified atom stereocenters. The molecule has 0 amide bonds. The number of morpholine rings is 1. The van der Waals surface area contributed by atoms with Crippen LogP contribution in [-0.2, 0) is 4.74 Å². The SMILES string of the molecule is FC(F)(F)Oc1ccc(/C=N/Nc2nc(Nc3ccc(OC(F)(F)F)cc3)nc(N3CCOCC3)n2)cc1. The lowest BCUT2D eigenvalue weighted by Gasteiger charge is -2.27. The van der Waals surface area contributed by atoms with E-state index < -0.39 is 12.7 Å². The topological polar surface area (TPSA) is 106 Å². The van der Waals surface area contributed by atoms with Gasteiger partial charge >= 0.3 is 12.7 Å². The predicted molar refractivity (Wildman–Crippen MR) is 124 cm³/mol. The molecule has 1 fully saturated rings. The molecule has 1 aliphatic rings. The molecule has 1 saturated heterocycles. The number of nitrogens with zero attached hydrogens (tertiary/aromatic N) is 5. The third-order valence-corrected chi connectivity index (χ3v) is 4.75. The molecule has 2 aromatic carbocycles. The van der Waals surface area contributed by atoms with Crippen molar-refractivity contribution in [1.29, 1.82) is 0 Å². The van der Waals surface area contributed by atoms with Crippen LogP contribution in [0.1, 0.15) is 5.56 Å². The van der Waals surface area contributed by atoms with Gasteiger partial charge in [-0.15, -0.1) is 26.3 Å². The van der Waals surface area contributed by atoms with Gasteiger partial charge in [0.05, 0.1) is 19.4 Å². The Kier molecular flexibility index (Phi) is 7.99. The molecule has 10 nitrogen and oxygen atoms in total. The van der Waals surface area contributed by atoms with E-state index in [-0.39, 0.29) is 23.4 Å². The molecule has 2 heterocycles. The lowest BCUT2D eigenvalue weighted by molar-refractivity contribution is -0.275. The molecule has 3 aromatic rings. The minimum atomic E-state index is -4.81. The largest absolute Gasteiger partial charge is 0.573 e. The number of anilines is 4. The highest BCUT2D eigenvalue weighted by molar-refractivity contribution is 5.80. The summed E-state index contributed by atoms with van der Waals surface area (Å²) in [6, 6.07) is 10.0. The normalized spacial score (nSPS) is 14.4. The summed E-state index contributed by atoms with van der Waals surface area (Å²) in [7, 11) is 0. The van der Waals surface area contributed by atoms with Crippen molar-refractivity contribution in [3.05, 3.63) is 54.1 Å². The van der Waals surface area contributed by atoms with Crippen molar-refractivity contribution in [2.24, 2.45) is 5.10 Å². The predicted octanol–water partition coefficient (Wildman–Crippen LogP) is 4.70. The van der Waals surface area contributed by atoms with Crippen LogP contribution in [-0.4, -0.2) is 60.2 Å². The van der Waals surface area contributed by atoms with Gasteiger partial charge in [-0.25, -0.2) is 5.43 Å². The van der Waals surface area contributed by atoms with Gasteiger partial charge in [-0.05, 0) is 54.1 Å². The zero-order valence-corrected chi connectivity index (χ0v) is 19.3. The standard InChI is InChI=1S/C22H19F6N7O3/c23-21(24,25)37-16-5-1-14(2-6-16)13-29-34-19-31-18(32-20(33-19)35-9-11-36-12-10-35)30-15-3-7-17(8-4-15)38-22(26,27)28/h1-8,13H,9-12H2,(H2,30,31,32,33,34)/b29-13+. The summed E-state index contributed by atoms with van der Waals surface area (Å²) in [5, 5.41) is 6.90. The van der Waals surface area contributed by atoms with E-state index in [1.54, 1.807) is 0 Å². The highest BCUT2D eigenvalue weighted by Crippen LogP contribution is 2.26.